The SMILES string of the molecule is COc1ccc(C=CCCNC(C)(C)C)cc1. The van der Waals surface area contributed by atoms with Crippen LogP contribution in [0.25, 0.3) is 6.08 Å². The van der Waals surface area contributed by atoms with Gasteiger partial charge < -0.3 is 10.1 Å². The number of nitrogens with one attached hydrogen (secondary N) is 1. The second kappa shape index (κ2) is 6.45. The third-order valence-corrected chi connectivity index (χ3v) is 2.39. The first-order chi connectivity index (χ1) is 8.01. The summed E-state index contributed by atoms with van der Waals surface area (Å²) in [5.74, 6) is 0.900. The summed E-state index contributed by atoms with van der Waals surface area (Å²) in [7, 11) is 1.68. The predicted molar refractivity (Wildman–Crippen MR) is 74.4 cm³/mol. The molecule has 17 heavy (non-hydrogen) atoms. The van der Waals surface area contributed by atoms with Crippen LogP contribution in [-0.4, -0.2) is 19.2 Å². The molecule has 2 heteroatoms. The molecule has 0 atom stereocenters. The van der Waals surface area contributed by atoms with Gasteiger partial charge in [-0.15, -0.1) is 0 Å². The predicted octanol–water partition coefficient (Wildman–Crippen LogP) is 3.49. The van der Waals surface area contributed by atoms with E-state index in [-0.39, 0.29) is 5.54 Å². The summed E-state index contributed by atoms with van der Waals surface area (Å²) in [5, 5.41) is 3.46. The summed E-state index contributed by atoms with van der Waals surface area (Å²) in [6.07, 6.45) is 5.38. The Balaban J connectivity index is 2.33. The van der Waals surface area contributed by atoms with E-state index in [2.05, 4.69) is 50.4 Å². The molecule has 94 valence electrons. The molecule has 1 rings (SSSR count). The van der Waals surface area contributed by atoms with Gasteiger partial charge in [0.25, 0.3) is 0 Å². The summed E-state index contributed by atoms with van der Waals surface area (Å²) in [5.41, 5.74) is 1.41. The summed E-state index contributed by atoms with van der Waals surface area (Å²) in [6, 6.07) is 8.08. The maximum Gasteiger partial charge on any atom is 0.118 e. The fraction of sp³-hybridized carbons (Fsp3) is 0.467. The van der Waals surface area contributed by atoms with E-state index in [9.17, 15) is 0 Å². The molecule has 0 unspecified atom stereocenters. The Kier molecular flexibility index (Phi) is 5.23. The molecule has 0 aliphatic rings. The molecular formula is C15H23NO. The normalized spacial score (nSPS) is 12.0. The molecule has 0 heterocycles. The van der Waals surface area contributed by atoms with Gasteiger partial charge in [-0.1, -0.05) is 24.3 Å². The van der Waals surface area contributed by atoms with Crippen molar-refractivity contribution in [2.24, 2.45) is 0 Å². The first kappa shape index (κ1) is 13.8. The van der Waals surface area contributed by atoms with Crippen molar-refractivity contribution < 1.29 is 4.74 Å². The van der Waals surface area contributed by atoms with E-state index in [1.165, 1.54) is 5.56 Å². The van der Waals surface area contributed by atoms with Crippen molar-refractivity contribution in [3.05, 3.63) is 35.9 Å². The third-order valence-electron chi connectivity index (χ3n) is 2.39. The molecule has 0 aliphatic heterocycles. The van der Waals surface area contributed by atoms with Crippen LogP contribution < -0.4 is 10.1 Å². The molecular weight excluding hydrogens is 210 g/mol. The van der Waals surface area contributed by atoms with Crippen LogP contribution in [0.15, 0.2) is 30.3 Å². The lowest BCUT2D eigenvalue weighted by Crippen LogP contribution is -2.36. The zero-order valence-electron chi connectivity index (χ0n) is 11.3. The van der Waals surface area contributed by atoms with E-state index in [1.54, 1.807) is 7.11 Å². The van der Waals surface area contributed by atoms with Crippen molar-refractivity contribution in [2.45, 2.75) is 32.7 Å². The standard InChI is InChI=1S/C15H23NO/c1-15(2,3)16-12-6-5-7-13-8-10-14(17-4)11-9-13/h5,7-11,16H,6,12H2,1-4H3. The van der Waals surface area contributed by atoms with Gasteiger partial charge in [0.1, 0.15) is 5.75 Å². The molecule has 0 bridgehead atoms. The Hall–Kier alpha value is -1.28. The molecule has 0 aliphatic carbocycles. The first-order valence-corrected chi connectivity index (χ1v) is 6.07. The maximum atomic E-state index is 5.12. The van der Waals surface area contributed by atoms with Crippen LogP contribution in [0.4, 0.5) is 0 Å². The number of benzene rings is 1. The van der Waals surface area contributed by atoms with Gasteiger partial charge in [0.05, 0.1) is 7.11 Å². The largest absolute Gasteiger partial charge is 0.497 e. The number of hydrogen-bond acceptors (Lipinski definition) is 2. The first-order valence-electron chi connectivity index (χ1n) is 6.07. The molecule has 0 aromatic heterocycles. The summed E-state index contributed by atoms with van der Waals surface area (Å²) in [6.45, 7) is 7.55. The van der Waals surface area contributed by atoms with Gasteiger partial charge in [0, 0.05) is 5.54 Å². The molecule has 1 aromatic carbocycles. The molecule has 0 fully saturated rings. The Labute approximate surface area is 105 Å². The number of rotatable bonds is 5. The van der Waals surface area contributed by atoms with Gasteiger partial charge in [0.15, 0.2) is 0 Å². The number of ether oxygens (including phenoxy) is 1. The smallest absolute Gasteiger partial charge is 0.118 e. The van der Waals surface area contributed by atoms with Gasteiger partial charge in [-0.05, 0) is 51.4 Å². The highest BCUT2D eigenvalue weighted by atomic mass is 16.5. The van der Waals surface area contributed by atoms with Crippen molar-refractivity contribution in [3.63, 3.8) is 0 Å². The molecule has 0 amide bonds. The monoisotopic (exact) mass is 233 g/mol. The van der Waals surface area contributed by atoms with Crippen LogP contribution >= 0.6 is 0 Å². The summed E-state index contributed by atoms with van der Waals surface area (Å²) < 4.78 is 5.12. The van der Waals surface area contributed by atoms with E-state index < -0.39 is 0 Å². The van der Waals surface area contributed by atoms with Crippen LogP contribution in [0.1, 0.15) is 32.8 Å². The van der Waals surface area contributed by atoms with E-state index in [0.717, 1.165) is 18.7 Å². The third kappa shape index (κ3) is 6.12. The lowest BCUT2D eigenvalue weighted by molar-refractivity contribution is 0.415. The minimum absolute atomic E-state index is 0.202. The Morgan fingerprint density at radius 3 is 2.35 bits per heavy atom. The van der Waals surface area contributed by atoms with Gasteiger partial charge in [-0.25, -0.2) is 0 Å². The molecule has 0 spiro atoms. The van der Waals surface area contributed by atoms with Crippen molar-refractivity contribution in [2.75, 3.05) is 13.7 Å². The van der Waals surface area contributed by atoms with E-state index in [1.807, 2.05) is 12.1 Å². The van der Waals surface area contributed by atoms with Crippen LogP contribution in [0.2, 0.25) is 0 Å². The number of hydrogen-bond donors (Lipinski definition) is 1. The minimum atomic E-state index is 0.202. The zero-order chi connectivity index (χ0) is 12.7. The van der Waals surface area contributed by atoms with Crippen LogP contribution in [0, 0.1) is 0 Å². The Morgan fingerprint density at radius 2 is 1.82 bits per heavy atom. The fourth-order valence-electron chi connectivity index (χ4n) is 1.46. The van der Waals surface area contributed by atoms with E-state index >= 15 is 0 Å². The minimum Gasteiger partial charge on any atom is -0.497 e. The molecule has 1 N–H and O–H groups in total. The van der Waals surface area contributed by atoms with Crippen molar-refractivity contribution in [1.29, 1.82) is 0 Å². The van der Waals surface area contributed by atoms with Crippen LogP contribution in [0.3, 0.4) is 0 Å². The highest BCUT2D eigenvalue weighted by Crippen LogP contribution is 2.12. The van der Waals surface area contributed by atoms with Gasteiger partial charge in [-0.3, -0.25) is 0 Å². The number of methoxy groups -OCH3 is 1. The van der Waals surface area contributed by atoms with Gasteiger partial charge >= 0.3 is 0 Å². The molecule has 0 saturated heterocycles. The van der Waals surface area contributed by atoms with Crippen LogP contribution in [0.5, 0.6) is 5.75 Å². The molecule has 0 radical (unpaired) electrons. The Bertz CT molecular complexity index is 346. The quantitative estimate of drug-likeness (QED) is 0.786. The topological polar surface area (TPSA) is 21.3 Å². The molecule has 0 saturated carbocycles. The molecule has 1 aromatic rings. The van der Waals surface area contributed by atoms with Crippen molar-refractivity contribution >= 4 is 6.08 Å². The highest BCUT2D eigenvalue weighted by Gasteiger charge is 2.06. The summed E-state index contributed by atoms with van der Waals surface area (Å²) >= 11 is 0. The Morgan fingerprint density at radius 1 is 1.18 bits per heavy atom. The average molecular weight is 233 g/mol. The fourth-order valence-corrected chi connectivity index (χ4v) is 1.46. The molecule has 2 nitrogen and oxygen atoms in total. The zero-order valence-corrected chi connectivity index (χ0v) is 11.3. The average Bonchev–Trinajstić information content (AvgIpc) is 2.28. The lowest BCUT2D eigenvalue weighted by Gasteiger charge is -2.19. The van der Waals surface area contributed by atoms with Crippen molar-refractivity contribution in [1.82, 2.24) is 5.32 Å². The second-order valence-electron chi connectivity index (χ2n) is 5.14. The van der Waals surface area contributed by atoms with Crippen LogP contribution in [-0.2, 0) is 0 Å². The van der Waals surface area contributed by atoms with Crippen molar-refractivity contribution in [3.8, 4) is 5.75 Å². The maximum absolute atomic E-state index is 5.12. The second-order valence-corrected chi connectivity index (χ2v) is 5.14. The summed E-state index contributed by atoms with van der Waals surface area (Å²) in [4.78, 5) is 0. The van der Waals surface area contributed by atoms with E-state index in [4.69, 9.17) is 4.74 Å². The van der Waals surface area contributed by atoms with E-state index in [0.29, 0.717) is 0 Å². The lowest BCUT2D eigenvalue weighted by atomic mass is 10.1. The highest BCUT2D eigenvalue weighted by molar-refractivity contribution is 5.50. The van der Waals surface area contributed by atoms with Gasteiger partial charge in [0.2, 0.25) is 0 Å². The van der Waals surface area contributed by atoms with Gasteiger partial charge in [-0.2, -0.15) is 0 Å².